The fourth-order valence-corrected chi connectivity index (χ4v) is 18.8. The summed E-state index contributed by atoms with van der Waals surface area (Å²) in [4.78, 5) is 91.9. The molecule has 0 saturated carbocycles. The van der Waals surface area contributed by atoms with E-state index in [-0.39, 0.29) is 96.2 Å². The highest BCUT2D eigenvalue weighted by Crippen LogP contribution is 2.48. The van der Waals surface area contributed by atoms with Crippen molar-refractivity contribution in [1.29, 1.82) is 0 Å². The number of amides is 4. The van der Waals surface area contributed by atoms with Gasteiger partial charge in [-0.05, 0) is 176 Å². The van der Waals surface area contributed by atoms with Crippen molar-refractivity contribution in [2.75, 3.05) is 26.4 Å². The molecule has 3 aromatic carbocycles. The van der Waals surface area contributed by atoms with Crippen molar-refractivity contribution in [2.24, 2.45) is 23.7 Å². The first-order chi connectivity index (χ1) is 58.2. The van der Waals surface area contributed by atoms with E-state index < -0.39 is 5.82 Å². The van der Waals surface area contributed by atoms with Crippen LogP contribution in [-0.4, -0.2) is 203 Å². The van der Waals surface area contributed by atoms with Crippen molar-refractivity contribution in [1.82, 2.24) is 99.6 Å². The third-order valence-electron chi connectivity index (χ3n) is 24.0. The first-order valence-corrected chi connectivity index (χ1v) is 40.3. The molecular weight excluding hydrogens is 1520 g/mol. The quantitative estimate of drug-likeness (QED) is 0.0698. The number of ether oxygens (including phenoxy) is 4. The number of fused-ring (bicyclic) bond motifs is 8. The molecule has 119 heavy (non-hydrogen) atoms. The van der Waals surface area contributed by atoms with Gasteiger partial charge in [0.15, 0.2) is 11.6 Å². The molecule has 8 aliphatic rings. The first kappa shape index (κ1) is 78.4. The molecule has 20 rings (SSSR count). The molecule has 12 atom stereocenters. The number of aryl methyl sites for hydroxylation is 3. The van der Waals surface area contributed by atoms with Crippen molar-refractivity contribution in [2.45, 2.75) is 153 Å². The standard InChI is InChI=1S/C22H22FN5O3.C22H22FN5O2.C22H22N4O3.C21H22N6O2/c23-16-2-6-21(24-11-16)31-13-15-10-17-3-5-19(15)27(17)22(30)18-9-14(12-29)1-4-20(18)28-25-7-8-26-28;1-14-3-2-4-18(21(14)28-25-9-10-26-28)22(29)27-17-6-7-19(27)15(11-17)13-30-20-8-5-16(23)12-24-20;1-14-24-21(29-25-14)17-6-2-3-7-18(17)22(27)26-16-9-10-19(26)15(12-16)13-28-20-8-4-5-11-23-20;1-14-5-7-17(20(25-14)27-23-10-11-24-27)21(28)26-16-6-8-18(26)15(12-16)13-29-19-4-2-3-9-22-19/h1-2,4,6-9,11,15,17,19,29H,3,5,10,12-13H2;2-5,8-10,12,15,17,19H,6-7,11,13H2,1H3;2-8,11,15-16,19H,9-10,12-13H2,1H3;2-5,7,9-11,15-16,18H,6,8,12-13H2,1H3. The molecule has 8 saturated heterocycles. The Bertz CT molecular complexity index is 5510. The van der Waals surface area contributed by atoms with E-state index in [2.05, 4.69) is 70.6 Å². The minimum atomic E-state index is -0.406. The molecule has 8 fully saturated rings. The number of para-hydroxylation sites is 1. The van der Waals surface area contributed by atoms with Crippen LogP contribution in [0.4, 0.5) is 8.78 Å². The summed E-state index contributed by atoms with van der Waals surface area (Å²) in [5.74, 6) is 3.66. The normalized spacial score (nSPS) is 22.5. The minimum Gasteiger partial charge on any atom is -0.477 e. The lowest BCUT2D eigenvalue weighted by Crippen LogP contribution is -2.38. The predicted molar refractivity (Wildman–Crippen MR) is 425 cm³/mol. The lowest BCUT2D eigenvalue weighted by molar-refractivity contribution is 0.0700. The second-order valence-corrected chi connectivity index (χ2v) is 31.2. The van der Waals surface area contributed by atoms with Gasteiger partial charge in [-0.15, -0.1) is 4.80 Å². The molecule has 17 heterocycles. The van der Waals surface area contributed by atoms with Gasteiger partial charge in [0.1, 0.15) is 17.3 Å². The topological polar surface area (TPSA) is 334 Å². The molecular formula is C87H88F2N20O10. The molecule has 0 radical (unpaired) electrons. The number of carbonyl (C=O) groups excluding carboxylic acids is 4. The highest BCUT2D eigenvalue weighted by molar-refractivity contribution is 6.01. The van der Waals surface area contributed by atoms with Crippen LogP contribution in [0.5, 0.6) is 23.5 Å². The summed E-state index contributed by atoms with van der Waals surface area (Å²) in [6.45, 7) is 7.50. The summed E-state index contributed by atoms with van der Waals surface area (Å²) in [6, 6.07) is 40.5. The maximum Gasteiger partial charge on any atom is 0.258 e. The smallest absolute Gasteiger partial charge is 0.258 e. The maximum atomic E-state index is 13.6. The predicted octanol–water partition coefficient (Wildman–Crippen LogP) is 11.5. The molecule has 0 aliphatic carbocycles. The van der Waals surface area contributed by atoms with E-state index in [0.717, 1.165) is 106 Å². The van der Waals surface area contributed by atoms with Crippen molar-refractivity contribution in [3.8, 4) is 52.2 Å². The van der Waals surface area contributed by atoms with Crippen molar-refractivity contribution in [3.63, 3.8) is 0 Å². The van der Waals surface area contributed by atoms with Gasteiger partial charge in [0, 0.05) is 114 Å². The van der Waals surface area contributed by atoms with Gasteiger partial charge in [-0.25, -0.2) is 33.7 Å². The number of benzene rings is 3. The summed E-state index contributed by atoms with van der Waals surface area (Å²) < 4.78 is 54.8. The van der Waals surface area contributed by atoms with Crippen LogP contribution >= 0.6 is 0 Å². The average Bonchev–Trinajstić information content (AvgIpc) is 1.58. The molecule has 1 N–H and O–H groups in total. The Kier molecular flexibility index (Phi) is 23.0. The number of halogens is 2. The number of nitrogens with zero attached hydrogens (tertiary/aromatic N) is 20. The van der Waals surface area contributed by atoms with Crippen LogP contribution in [0.25, 0.3) is 28.6 Å². The summed E-state index contributed by atoms with van der Waals surface area (Å²) in [7, 11) is 0. The Morgan fingerprint density at radius 3 is 1.34 bits per heavy atom. The second kappa shape index (κ2) is 35.0. The van der Waals surface area contributed by atoms with Gasteiger partial charge in [0.25, 0.3) is 29.5 Å². The highest BCUT2D eigenvalue weighted by Gasteiger charge is 2.53. The largest absolute Gasteiger partial charge is 0.477 e. The summed E-state index contributed by atoms with van der Waals surface area (Å²) in [5, 5.41) is 38.6. The fourth-order valence-electron chi connectivity index (χ4n) is 18.8. The molecule has 12 unspecified atom stereocenters. The Hall–Kier alpha value is -13.1. The van der Waals surface area contributed by atoms with Crippen LogP contribution in [0.2, 0.25) is 0 Å². The zero-order valence-corrected chi connectivity index (χ0v) is 65.7. The van der Waals surface area contributed by atoms with E-state index in [1.165, 1.54) is 38.7 Å². The van der Waals surface area contributed by atoms with Gasteiger partial charge in [-0.2, -0.15) is 45.2 Å². The summed E-state index contributed by atoms with van der Waals surface area (Å²) in [5.41, 5.74) is 6.66. The maximum absolute atomic E-state index is 13.6. The van der Waals surface area contributed by atoms with E-state index in [4.69, 9.17) is 23.5 Å². The van der Waals surface area contributed by atoms with E-state index in [1.807, 2.05) is 120 Å². The lowest BCUT2D eigenvalue weighted by atomic mass is 9.90. The Morgan fingerprint density at radius 1 is 0.429 bits per heavy atom. The van der Waals surface area contributed by atoms with E-state index >= 15 is 0 Å². The number of pyridine rings is 5. The summed E-state index contributed by atoms with van der Waals surface area (Å²) >= 11 is 0. The van der Waals surface area contributed by atoms with E-state index in [9.17, 15) is 33.1 Å². The molecule has 12 aromatic rings. The third-order valence-corrected chi connectivity index (χ3v) is 24.0. The van der Waals surface area contributed by atoms with E-state index in [0.29, 0.717) is 118 Å². The number of hydrogen-bond acceptors (Lipinski definition) is 23. The molecule has 610 valence electrons. The molecule has 9 aromatic heterocycles. The zero-order chi connectivity index (χ0) is 81.6. The van der Waals surface area contributed by atoms with Crippen molar-refractivity contribution in [3.05, 3.63) is 252 Å². The Morgan fingerprint density at radius 2 is 0.874 bits per heavy atom. The number of hydrogen-bond donors (Lipinski definition) is 1. The van der Waals surface area contributed by atoms with Crippen LogP contribution in [0.1, 0.15) is 141 Å². The number of aromatic nitrogens is 16. The molecule has 30 nitrogen and oxygen atoms in total. The molecule has 8 bridgehead atoms. The zero-order valence-electron chi connectivity index (χ0n) is 65.7. The van der Waals surface area contributed by atoms with Crippen LogP contribution in [0, 0.1) is 56.1 Å². The van der Waals surface area contributed by atoms with Gasteiger partial charge >= 0.3 is 0 Å². The number of aliphatic hydroxyl groups is 1. The molecule has 32 heteroatoms. The Labute approximate surface area is 683 Å². The molecule has 0 spiro atoms. The van der Waals surface area contributed by atoms with Crippen molar-refractivity contribution < 1.29 is 56.5 Å². The summed E-state index contributed by atoms with van der Waals surface area (Å²) in [6.07, 6.45) is 26.8. The van der Waals surface area contributed by atoms with Crippen LogP contribution in [0.15, 0.2) is 200 Å². The monoisotopic (exact) mass is 1610 g/mol. The minimum absolute atomic E-state index is 0.00219. The van der Waals surface area contributed by atoms with Gasteiger partial charge in [-0.3, -0.25) is 19.2 Å². The van der Waals surface area contributed by atoms with Gasteiger partial charge in [0.05, 0.1) is 116 Å². The van der Waals surface area contributed by atoms with Crippen LogP contribution in [0.3, 0.4) is 0 Å². The van der Waals surface area contributed by atoms with Gasteiger partial charge < -0.3 is 48.2 Å². The van der Waals surface area contributed by atoms with Gasteiger partial charge in [0.2, 0.25) is 23.5 Å². The average molecular weight is 1610 g/mol. The Balaban J connectivity index is 0.000000113. The molecule has 4 amide bonds. The lowest BCUT2D eigenvalue weighted by Gasteiger charge is -2.25. The first-order valence-electron chi connectivity index (χ1n) is 40.3. The highest BCUT2D eigenvalue weighted by atomic mass is 19.1. The van der Waals surface area contributed by atoms with Crippen molar-refractivity contribution >= 4 is 23.6 Å². The number of carbonyl (C=O) groups is 4. The fraction of sp³-hybridized carbons (Fsp3) is 0.368. The van der Waals surface area contributed by atoms with E-state index in [1.54, 1.807) is 74.7 Å². The number of rotatable bonds is 21. The van der Waals surface area contributed by atoms with Gasteiger partial charge in [-0.1, -0.05) is 47.6 Å². The van der Waals surface area contributed by atoms with Crippen LogP contribution in [-0.2, 0) is 6.61 Å². The second-order valence-electron chi connectivity index (χ2n) is 31.2. The number of aliphatic hydroxyl groups excluding tert-OH is 1. The van der Waals surface area contributed by atoms with Crippen LogP contribution < -0.4 is 18.9 Å². The molecule has 8 aliphatic heterocycles. The SMILES string of the molecule is Cc1ccc(C(=O)N2C3CCC2C(COc2ccccn2)C3)c(-n2nccn2)n1.Cc1cccc(C(=O)N2C3CCC2C(COc2ccc(F)cn2)C3)c1-n1nccn1.Cc1noc(-c2ccccc2C(=O)N2C3CCC2C(COc2ccccn2)C3)n1.O=C(c1cc(CO)ccc1-n1nccn1)N1C2CCC1C(COc1ccc(F)cn1)C2. The third kappa shape index (κ3) is 16.7.